The molecule has 7 nitrogen and oxygen atoms in total. The highest BCUT2D eigenvalue weighted by Crippen LogP contribution is 2.27. The van der Waals surface area contributed by atoms with Crippen LogP contribution in [0.5, 0.6) is 0 Å². The summed E-state index contributed by atoms with van der Waals surface area (Å²) >= 11 is 0. The first-order chi connectivity index (χ1) is 14.5. The van der Waals surface area contributed by atoms with Gasteiger partial charge in [-0.25, -0.2) is 9.67 Å². The average molecular weight is 405 g/mol. The predicted octanol–water partition coefficient (Wildman–Crippen LogP) is 2.67. The Labute approximate surface area is 177 Å². The molecule has 1 aliphatic rings. The van der Waals surface area contributed by atoms with Crippen molar-refractivity contribution < 1.29 is 4.79 Å². The van der Waals surface area contributed by atoms with E-state index in [2.05, 4.69) is 21.7 Å². The number of benzene rings is 1. The van der Waals surface area contributed by atoms with Crippen molar-refractivity contribution in [1.29, 1.82) is 0 Å². The van der Waals surface area contributed by atoms with E-state index in [1.807, 2.05) is 67.2 Å². The van der Waals surface area contributed by atoms with E-state index in [-0.39, 0.29) is 5.91 Å². The van der Waals surface area contributed by atoms with Crippen LogP contribution in [0.4, 0.5) is 11.4 Å². The smallest absolute Gasteiger partial charge is 0.240 e. The number of aryl methyl sites for hydroxylation is 1. The van der Waals surface area contributed by atoms with Crippen molar-refractivity contribution in [2.24, 2.45) is 0 Å². The molecule has 0 aliphatic carbocycles. The van der Waals surface area contributed by atoms with E-state index in [1.165, 1.54) is 5.69 Å². The van der Waals surface area contributed by atoms with Crippen molar-refractivity contribution in [2.45, 2.75) is 13.8 Å². The second kappa shape index (κ2) is 8.67. The molecule has 7 heteroatoms. The van der Waals surface area contributed by atoms with Crippen LogP contribution < -0.4 is 9.80 Å². The Morgan fingerprint density at radius 2 is 1.70 bits per heavy atom. The summed E-state index contributed by atoms with van der Waals surface area (Å²) in [7, 11) is 1.84. The van der Waals surface area contributed by atoms with E-state index in [9.17, 15) is 4.79 Å². The van der Waals surface area contributed by atoms with Gasteiger partial charge in [-0.2, -0.15) is 5.10 Å². The summed E-state index contributed by atoms with van der Waals surface area (Å²) < 4.78 is 1.91. The summed E-state index contributed by atoms with van der Waals surface area (Å²) in [5.74, 6) is 0.947. The summed E-state index contributed by atoms with van der Waals surface area (Å²) in [6, 6.07) is 15.6. The number of amides is 1. The number of anilines is 2. The highest BCUT2D eigenvalue weighted by Gasteiger charge is 2.25. The molecule has 0 saturated carbocycles. The Hall–Kier alpha value is -3.19. The first kappa shape index (κ1) is 20.1. The van der Waals surface area contributed by atoms with E-state index in [0.717, 1.165) is 49.1 Å². The van der Waals surface area contributed by atoms with E-state index < -0.39 is 0 Å². The molecule has 0 bridgehead atoms. The van der Waals surface area contributed by atoms with E-state index in [1.54, 1.807) is 11.1 Å². The molecule has 1 saturated heterocycles. The minimum atomic E-state index is 0.116. The van der Waals surface area contributed by atoms with Gasteiger partial charge in [-0.15, -0.1) is 0 Å². The van der Waals surface area contributed by atoms with Crippen LogP contribution in [0, 0.1) is 13.8 Å². The van der Waals surface area contributed by atoms with Crippen LogP contribution in [0.25, 0.3) is 5.82 Å². The normalized spacial score (nSPS) is 14.7. The number of hydrogen-bond acceptors (Lipinski definition) is 5. The number of pyridine rings is 1. The molecule has 3 aromatic rings. The second-order valence-electron chi connectivity index (χ2n) is 7.67. The maximum Gasteiger partial charge on any atom is 0.240 e. The standard InChI is InChI=1S/C23H28N6O/c1-18-23(19(2)29(25-18)21-11-7-8-12-24-21)28-15-13-27(14-16-28)17-22(30)26(3)20-9-5-4-6-10-20/h4-12H,13-17H2,1-3H3. The van der Waals surface area contributed by atoms with Gasteiger partial charge in [-0.3, -0.25) is 9.69 Å². The van der Waals surface area contributed by atoms with Crippen LogP contribution in [0.3, 0.4) is 0 Å². The fourth-order valence-electron chi connectivity index (χ4n) is 4.02. The number of para-hydroxylation sites is 1. The van der Waals surface area contributed by atoms with Gasteiger partial charge in [0.25, 0.3) is 0 Å². The van der Waals surface area contributed by atoms with Crippen molar-refractivity contribution in [3.63, 3.8) is 0 Å². The van der Waals surface area contributed by atoms with Crippen LogP contribution in [-0.2, 0) is 4.79 Å². The Kier molecular flexibility index (Phi) is 5.81. The highest BCUT2D eigenvalue weighted by molar-refractivity contribution is 5.94. The topological polar surface area (TPSA) is 57.5 Å². The SMILES string of the molecule is Cc1nn(-c2ccccn2)c(C)c1N1CCN(CC(=O)N(C)c2ccccc2)CC1. The molecule has 3 heterocycles. The van der Waals surface area contributed by atoms with E-state index >= 15 is 0 Å². The molecular weight excluding hydrogens is 376 g/mol. The van der Waals surface area contributed by atoms with Crippen molar-refractivity contribution in [3.05, 3.63) is 66.1 Å². The maximum absolute atomic E-state index is 12.7. The fraction of sp³-hybridized carbons (Fsp3) is 0.348. The van der Waals surface area contributed by atoms with Crippen molar-refractivity contribution in [1.82, 2.24) is 19.7 Å². The number of likely N-dealkylation sites (N-methyl/N-ethyl adjacent to an activating group) is 1. The van der Waals surface area contributed by atoms with Gasteiger partial charge in [-0.05, 0) is 38.1 Å². The largest absolute Gasteiger partial charge is 0.366 e. The van der Waals surface area contributed by atoms with Crippen molar-refractivity contribution in [2.75, 3.05) is 49.6 Å². The minimum absolute atomic E-state index is 0.116. The molecule has 0 unspecified atom stereocenters. The van der Waals surface area contributed by atoms with Crippen LogP contribution in [0.1, 0.15) is 11.4 Å². The van der Waals surface area contributed by atoms with E-state index in [4.69, 9.17) is 5.10 Å². The van der Waals surface area contributed by atoms with Crippen molar-refractivity contribution in [3.8, 4) is 5.82 Å². The number of carbonyl (C=O) groups is 1. The van der Waals surface area contributed by atoms with Gasteiger partial charge >= 0.3 is 0 Å². The van der Waals surface area contributed by atoms with Gasteiger partial charge in [0.2, 0.25) is 5.91 Å². The van der Waals surface area contributed by atoms with Gasteiger partial charge in [0.05, 0.1) is 23.6 Å². The summed E-state index contributed by atoms with van der Waals surface area (Å²) in [5.41, 5.74) is 4.20. The van der Waals surface area contributed by atoms with Gasteiger partial charge in [0.15, 0.2) is 5.82 Å². The quantitative estimate of drug-likeness (QED) is 0.654. The van der Waals surface area contributed by atoms with Crippen LogP contribution in [0.15, 0.2) is 54.7 Å². The summed E-state index contributed by atoms with van der Waals surface area (Å²) in [4.78, 5) is 23.4. The maximum atomic E-state index is 12.7. The average Bonchev–Trinajstić information content (AvgIpc) is 3.09. The number of carbonyl (C=O) groups excluding carboxylic acids is 1. The van der Waals surface area contributed by atoms with Crippen LogP contribution in [0.2, 0.25) is 0 Å². The highest BCUT2D eigenvalue weighted by atomic mass is 16.2. The van der Waals surface area contributed by atoms with Gasteiger partial charge < -0.3 is 9.80 Å². The fourth-order valence-corrected chi connectivity index (χ4v) is 4.02. The first-order valence-corrected chi connectivity index (χ1v) is 10.3. The molecule has 1 amide bonds. The summed E-state index contributed by atoms with van der Waals surface area (Å²) in [6.07, 6.45) is 1.79. The molecule has 0 radical (unpaired) electrons. The summed E-state index contributed by atoms with van der Waals surface area (Å²) in [6.45, 7) is 8.02. The Bertz CT molecular complexity index is 993. The molecule has 30 heavy (non-hydrogen) atoms. The van der Waals surface area contributed by atoms with Gasteiger partial charge in [0.1, 0.15) is 0 Å². The van der Waals surface area contributed by atoms with E-state index in [0.29, 0.717) is 6.54 Å². The molecule has 0 atom stereocenters. The number of rotatable bonds is 5. The monoisotopic (exact) mass is 404 g/mol. The molecule has 4 rings (SSSR count). The molecule has 0 spiro atoms. The number of aromatic nitrogens is 3. The molecule has 0 N–H and O–H groups in total. The molecule has 156 valence electrons. The van der Waals surface area contributed by atoms with Crippen LogP contribution in [-0.4, -0.2) is 65.3 Å². The molecule has 2 aromatic heterocycles. The lowest BCUT2D eigenvalue weighted by atomic mass is 10.2. The predicted molar refractivity (Wildman–Crippen MR) is 119 cm³/mol. The lowest BCUT2D eigenvalue weighted by Crippen LogP contribution is -2.50. The summed E-state index contributed by atoms with van der Waals surface area (Å²) in [5, 5.41) is 4.72. The number of hydrogen-bond donors (Lipinski definition) is 0. The Morgan fingerprint density at radius 3 is 2.37 bits per heavy atom. The third-order valence-corrected chi connectivity index (χ3v) is 5.68. The Morgan fingerprint density at radius 1 is 1.00 bits per heavy atom. The van der Waals surface area contributed by atoms with Gasteiger partial charge in [0, 0.05) is 45.1 Å². The molecule has 1 aromatic carbocycles. The number of piperazine rings is 1. The number of nitrogens with zero attached hydrogens (tertiary/aromatic N) is 6. The third-order valence-electron chi connectivity index (χ3n) is 5.68. The molecule has 1 fully saturated rings. The molecule has 1 aliphatic heterocycles. The zero-order valence-electron chi connectivity index (χ0n) is 17.8. The lowest BCUT2D eigenvalue weighted by Gasteiger charge is -2.36. The first-order valence-electron chi connectivity index (χ1n) is 10.3. The zero-order valence-corrected chi connectivity index (χ0v) is 17.8. The van der Waals surface area contributed by atoms with Crippen molar-refractivity contribution >= 4 is 17.3 Å². The zero-order chi connectivity index (χ0) is 21.1. The molecular formula is C23H28N6O. The van der Waals surface area contributed by atoms with Crippen LogP contribution >= 0.6 is 0 Å². The second-order valence-corrected chi connectivity index (χ2v) is 7.67. The lowest BCUT2D eigenvalue weighted by molar-refractivity contribution is -0.119. The van der Waals surface area contributed by atoms with Gasteiger partial charge in [-0.1, -0.05) is 24.3 Å². The third kappa shape index (κ3) is 4.07. The Balaban J connectivity index is 1.39. The minimum Gasteiger partial charge on any atom is -0.366 e.